The lowest BCUT2D eigenvalue weighted by molar-refractivity contribution is -0.137. The number of aromatic nitrogens is 4. The van der Waals surface area contributed by atoms with Crippen LogP contribution < -0.4 is 11.2 Å². The molecule has 10 heteroatoms. The van der Waals surface area contributed by atoms with Crippen LogP contribution in [0.1, 0.15) is 5.56 Å². The Balaban J connectivity index is 2.42. The SMILES string of the molecule is Cn1c(=O)c2[nH]c(-c3c(F)cccc3C(F)(F)F)nc2n(C)c1=O. The molecule has 0 aliphatic carbocycles. The van der Waals surface area contributed by atoms with E-state index in [1.165, 1.54) is 14.1 Å². The van der Waals surface area contributed by atoms with Gasteiger partial charge < -0.3 is 4.98 Å². The van der Waals surface area contributed by atoms with Crippen molar-refractivity contribution in [2.75, 3.05) is 0 Å². The lowest BCUT2D eigenvalue weighted by Gasteiger charge is -2.11. The Hall–Kier alpha value is -2.91. The molecule has 0 radical (unpaired) electrons. The molecule has 0 aliphatic rings. The van der Waals surface area contributed by atoms with Gasteiger partial charge >= 0.3 is 11.9 Å². The number of nitrogens with one attached hydrogen (secondary N) is 1. The van der Waals surface area contributed by atoms with Crippen molar-refractivity contribution in [1.29, 1.82) is 0 Å². The third-order valence-corrected chi connectivity index (χ3v) is 3.65. The quantitative estimate of drug-likeness (QED) is 0.685. The lowest BCUT2D eigenvalue weighted by Crippen LogP contribution is -2.36. The van der Waals surface area contributed by atoms with Gasteiger partial charge in [-0.05, 0) is 12.1 Å². The molecule has 1 N–H and O–H groups in total. The first kappa shape index (κ1) is 16.0. The normalized spacial score (nSPS) is 12.1. The number of rotatable bonds is 1. The Bertz CT molecular complexity index is 1080. The molecule has 0 amide bonds. The van der Waals surface area contributed by atoms with E-state index < -0.39 is 40.2 Å². The summed E-state index contributed by atoms with van der Waals surface area (Å²) < 4.78 is 55.2. The van der Waals surface area contributed by atoms with Gasteiger partial charge in [-0.15, -0.1) is 0 Å². The number of aromatic amines is 1. The zero-order valence-electron chi connectivity index (χ0n) is 12.4. The fourth-order valence-corrected chi connectivity index (χ4v) is 2.45. The number of benzene rings is 1. The molecule has 0 bridgehead atoms. The Morgan fingerprint density at radius 2 is 1.79 bits per heavy atom. The summed E-state index contributed by atoms with van der Waals surface area (Å²) in [5.41, 5.74) is -3.86. The van der Waals surface area contributed by atoms with E-state index in [1.54, 1.807) is 0 Å². The second-order valence-corrected chi connectivity index (χ2v) is 5.15. The van der Waals surface area contributed by atoms with Crippen LogP contribution in [-0.4, -0.2) is 19.1 Å². The Morgan fingerprint density at radius 1 is 1.12 bits per heavy atom. The van der Waals surface area contributed by atoms with Gasteiger partial charge in [0.1, 0.15) is 17.2 Å². The van der Waals surface area contributed by atoms with E-state index in [2.05, 4.69) is 9.97 Å². The highest BCUT2D eigenvalue weighted by atomic mass is 19.4. The summed E-state index contributed by atoms with van der Waals surface area (Å²) in [6.07, 6.45) is -4.81. The third kappa shape index (κ3) is 2.22. The average Bonchev–Trinajstić information content (AvgIpc) is 2.94. The molecule has 0 fully saturated rings. The molecule has 0 saturated heterocycles. The minimum Gasteiger partial charge on any atom is -0.332 e. The number of aryl methyl sites for hydroxylation is 1. The maximum absolute atomic E-state index is 14.0. The standard InChI is InChI=1S/C14H10F4N4O2/c1-21-11-9(12(23)22(2)13(21)24)19-10(20-11)8-6(14(16,17)18)4-3-5-7(8)15/h3-5H,1-2H3,(H,19,20). The van der Waals surface area contributed by atoms with Crippen LogP contribution in [0.25, 0.3) is 22.6 Å². The fraction of sp³-hybridized carbons (Fsp3) is 0.214. The third-order valence-electron chi connectivity index (χ3n) is 3.65. The lowest BCUT2D eigenvalue weighted by atomic mass is 10.1. The maximum atomic E-state index is 14.0. The van der Waals surface area contributed by atoms with Crippen LogP contribution in [-0.2, 0) is 20.3 Å². The highest BCUT2D eigenvalue weighted by molar-refractivity contribution is 5.76. The fourth-order valence-electron chi connectivity index (χ4n) is 2.45. The van der Waals surface area contributed by atoms with Crippen molar-refractivity contribution in [2.24, 2.45) is 14.1 Å². The number of alkyl halides is 3. The highest BCUT2D eigenvalue weighted by Crippen LogP contribution is 2.37. The van der Waals surface area contributed by atoms with Gasteiger partial charge in [-0.3, -0.25) is 13.9 Å². The summed E-state index contributed by atoms with van der Waals surface area (Å²) in [6, 6.07) is 2.50. The van der Waals surface area contributed by atoms with E-state index in [-0.39, 0.29) is 11.2 Å². The minimum atomic E-state index is -4.81. The first-order valence-electron chi connectivity index (χ1n) is 6.64. The molecule has 3 rings (SSSR count). The van der Waals surface area contributed by atoms with Crippen molar-refractivity contribution in [3.8, 4) is 11.4 Å². The van der Waals surface area contributed by atoms with Crippen LogP contribution in [0.3, 0.4) is 0 Å². The minimum absolute atomic E-state index is 0.158. The molecular formula is C14H10F4N4O2. The van der Waals surface area contributed by atoms with Crippen LogP contribution in [0.2, 0.25) is 0 Å². The average molecular weight is 342 g/mol. The maximum Gasteiger partial charge on any atom is 0.417 e. The molecule has 24 heavy (non-hydrogen) atoms. The first-order chi connectivity index (χ1) is 11.1. The van der Waals surface area contributed by atoms with Crippen LogP contribution in [0.15, 0.2) is 27.8 Å². The summed E-state index contributed by atoms with van der Waals surface area (Å²) >= 11 is 0. The van der Waals surface area contributed by atoms with Gasteiger partial charge in [0, 0.05) is 14.1 Å². The predicted octanol–water partition coefficient (Wildman–Crippen LogP) is 1.79. The Morgan fingerprint density at radius 3 is 2.42 bits per heavy atom. The molecule has 126 valence electrons. The number of fused-ring (bicyclic) bond motifs is 1. The van der Waals surface area contributed by atoms with E-state index >= 15 is 0 Å². The van der Waals surface area contributed by atoms with Gasteiger partial charge in [0.05, 0.1) is 11.1 Å². The van der Waals surface area contributed by atoms with Gasteiger partial charge in [0.15, 0.2) is 5.65 Å². The number of hydrogen-bond donors (Lipinski definition) is 1. The Labute approximate surface area is 131 Å². The summed E-state index contributed by atoms with van der Waals surface area (Å²) in [5.74, 6) is -1.63. The van der Waals surface area contributed by atoms with E-state index in [1.807, 2.05) is 0 Å². The smallest absolute Gasteiger partial charge is 0.332 e. The van der Waals surface area contributed by atoms with Gasteiger partial charge in [-0.25, -0.2) is 14.2 Å². The number of nitrogens with zero attached hydrogens (tertiary/aromatic N) is 3. The summed E-state index contributed by atoms with van der Waals surface area (Å²) in [7, 11) is 2.52. The first-order valence-corrected chi connectivity index (χ1v) is 6.64. The van der Waals surface area contributed by atoms with Crippen molar-refractivity contribution in [1.82, 2.24) is 19.1 Å². The van der Waals surface area contributed by atoms with Crippen molar-refractivity contribution in [3.63, 3.8) is 0 Å². The van der Waals surface area contributed by atoms with E-state index in [4.69, 9.17) is 0 Å². The number of halogens is 4. The van der Waals surface area contributed by atoms with Crippen molar-refractivity contribution in [2.45, 2.75) is 6.18 Å². The highest BCUT2D eigenvalue weighted by Gasteiger charge is 2.36. The van der Waals surface area contributed by atoms with E-state index in [9.17, 15) is 27.2 Å². The van der Waals surface area contributed by atoms with Gasteiger partial charge in [0.2, 0.25) is 0 Å². The molecule has 0 unspecified atom stereocenters. The zero-order valence-corrected chi connectivity index (χ0v) is 12.4. The van der Waals surface area contributed by atoms with Gasteiger partial charge in [-0.2, -0.15) is 13.2 Å². The van der Waals surface area contributed by atoms with Crippen LogP contribution in [0.5, 0.6) is 0 Å². The van der Waals surface area contributed by atoms with E-state index in [0.717, 1.165) is 21.3 Å². The molecule has 0 spiro atoms. The second kappa shape index (κ2) is 5.05. The molecule has 0 aliphatic heterocycles. The molecular weight excluding hydrogens is 332 g/mol. The molecule has 6 nitrogen and oxygen atoms in total. The van der Waals surface area contributed by atoms with Crippen molar-refractivity contribution >= 4 is 11.2 Å². The molecule has 0 saturated carbocycles. The number of hydrogen-bond acceptors (Lipinski definition) is 3. The molecule has 3 aromatic rings. The summed E-state index contributed by atoms with van der Waals surface area (Å²) in [5, 5.41) is 0. The second-order valence-electron chi connectivity index (χ2n) is 5.15. The zero-order chi connectivity index (χ0) is 17.8. The molecule has 2 aromatic heterocycles. The number of imidazole rings is 1. The van der Waals surface area contributed by atoms with Crippen molar-refractivity contribution < 1.29 is 17.6 Å². The monoisotopic (exact) mass is 342 g/mol. The van der Waals surface area contributed by atoms with Crippen molar-refractivity contribution in [3.05, 3.63) is 50.4 Å². The van der Waals surface area contributed by atoms with Gasteiger partial charge in [0.25, 0.3) is 5.56 Å². The molecule has 1 aromatic carbocycles. The van der Waals surface area contributed by atoms with Gasteiger partial charge in [-0.1, -0.05) is 6.07 Å². The largest absolute Gasteiger partial charge is 0.417 e. The summed E-state index contributed by atoms with van der Waals surface area (Å²) in [6.45, 7) is 0. The predicted molar refractivity (Wildman–Crippen MR) is 77.0 cm³/mol. The number of H-pyrrole nitrogens is 1. The molecule has 0 atom stereocenters. The van der Waals surface area contributed by atoms with Crippen LogP contribution >= 0.6 is 0 Å². The van der Waals surface area contributed by atoms with E-state index in [0.29, 0.717) is 6.07 Å². The molecule has 2 heterocycles. The van der Waals surface area contributed by atoms with Crippen LogP contribution in [0.4, 0.5) is 17.6 Å². The Kier molecular flexibility index (Phi) is 3.36. The van der Waals surface area contributed by atoms with Crippen LogP contribution in [0, 0.1) is 5.82 Å². The summed E-state index contributed by atoms with van der Waals surface area (Å²) in [4.78, 5) is 30.2. The topological polar surface area (TPSA) is 72.7 Å².